The smallest absolute Gasteiger partial charge is 0.122 e. The lowest BCUT2D eigenvalue weighted by molar-refractivity contribution is -0.115. The molecule has 6 aliphatic rings. The van der Waals surface area contributed by atoms with Gasteiger partial charge in [0.1, 0.15) is 5.72 Å². The van der Waals surface area contributed by atoms with Crippen LogP contribution < -0.4 is 5.32 Å². The fourth-order valence-electron chi connectivity index (χ4n) is 9.84. The number of rotatable bonds is 0. The lowest BCUT2D eigenvalue weighted by Gasteiger charge is -2.58. The van der Waals surface area contributed by atoms with Crippen LogP contribution in [0.3, 0.4) is 0 Å². The van der Waals surface area contributed by atoms with E-state index < -0.39 is 0 Å². The maximum absolute atomic E-state index is 10.3. The van der Waals surface area contributed by atoms with Crippen LogP contribution in [0.25, 0.3) is 0 Å². The molecular formula is C27H43NO2. The molecular weight excluding hydrogens is 370 g/mol. The van der Waals surface area contributed by atoms with Crippen LogP contribution in [-0.4, -0.2) is 29.6 Å². The molecule has 11 atom stereocenters. The van der Waals surface area contributed by atoms with Gasteiger partial charge in [-0.2, -0.15) is 0 Å². The van der Waals surface area contributed by atoms with E-state index in [2.05, 4.69) is 39.1 Å². The summed E-state index contributed by atoms with van der Waals surface area (Å²) in [6.45, 7) is 11.2. The number of nitrogens with one attached hydrogen (secondary N) is 1. The van der Waals surface area contributed by atoms with Crippen LogP contribution in [0, 0.1) is 46.3 Å². The maximum Gasteiger partial charge on any atom is 0.122 e. The summed E-state index contributed by atoms with van der Waals surface area (Å²) in [5.41, 5.74) is 2.33. The number of piperidine rings is 1. The number of allylic oxidation sites excluding steroid dienone is 1. The molecule has 0 aromatic carbocycles. The first-order chi connectivity index (χ1) is 14.3. The zero-order valence-electron chi connectivity index (χ0n) is 19.6. The third-order valence-corrected chi connectivity index (χ3v) is 11.6. The van der Waals surface area contributed by atoms with Crippen LogP contribution in [0.1, 0.15) is 85.5 Å². The Morgan fingerprint density at radius 2 is 1.90 bits per heavy atom. The summed E-state index contributed by atoms with van der Waals surface area (Å²) >= 11 is 0. The van der Waals surface area contributed by atoms with Gasteiger partial charge in [-0.25, -0.2) is 0 Å². The average Bonchev–Trinajstić information content (AvgIpc) is 3.16. The van der Waals surface area contributed by atoms with Crippen LogP contribution >= 0.6 is 0 Å². The van der Waals surface area contributed by atoms with E-state index in [0.29, 0.717) is 22.9 Å². The zero-order chi connectivity index (χ0) is 20.9. The van der Waals surface area contributed by atoms with Crippen molar-refractivity contribution in [1.29, 1.82) is 0 Å². The summed E-state index contributed by atoms with van der Waals surface area (Å²) in [6, 6.07) is 0. The van der Waals surface area contributed by atoms with Crippen LogP contribution in [0.15, 0.2) is 11.6 Å². The molecule has 1 spiro atoms. The number of ether oxygens (including phenoxy) is 1. The van der Waals surface area contributed by atoms with Crippen molar-refractivity contribution in [2.24, 2.45) is 46.3 Å². The molecule has 0 radical (unpaired) electrons. The van der Waals surface area contributed by atoms with Crippen molar-refractivity contribution in [3.05, 3.63) is 11.6 Å². The Balaban J connectivity index is 1.28. The highest BCUT2D eigenvalue weighted by Gasteiger charge is 2.68. The lowest BCUT2D eigenvalue weighted by atomic mass is 9.47. The van der Waals surface area contributed by atoms with E-state index in [9.17, 15) is 5.11 Å². The molecule has 0 amide bonds. The van der Waals surface area contributed by atoms with Gasteiger partial charge in [-0.3, -0.25) is 5.32 Å². The molecule has 30 heavy (non-hydrogen) atoms. The third kappa shape index (κ3) is 2.55. The summed E-state index contributed by atoms with van der Waals surface area (Å²) < 4.78 is 7.00. The van der Waals surface area contributed by atoms with Gasteiger partial charge in [-0.15, -0.1) is 0 Å². The number of hydrogen-bond donors (Lipinski definition) is 2. The predicted octanol–water partition coefficient (Wildman–Crippen LogP) is 5.29. The Morgan fingerprint density at radius 3 is 2.67 bits per heavy atom. The Hall–Kier alpha value is -0.380. The Labute approximate surface area is 183 Å². The molecule has 168 valence electrons. The van der Waals surface area contributed by atoms with Crippen molar-refractivity contribution in [3.8, 4) is 0 Å². The van der Waals surface area contributed by atoms with Crippen molar-refractivity contribution in [1.82, 2.24) is 5.32 Å². The molecule has 2 aliphatic heterocycles. The van der Waals surface area contributed by atoms with Crippen molar-refractivity contribution >= 4 is 0 Å². The van der Waals surface area contributed by atoms with Gasteiger partial charge >= 0.3 is 0 Å². The van der Waals surface area contributed by atoms with Crippen molar-refractivity contribution in [2.45, 2.75) is 103 Å². The number of hydrogen-bond acceptors (Lipinski definition) is 3. The molecule has 2 N–H and O–H groups in total. The zero-order valence-corrected chi connectivity index (χ0v) is 19.6. The van der Waals surface area contributed by atoms with E-state index >= 15 is 0 Å². The summed E-state index contributed by atoms with van der Waals surface area (Å²) in [6.07, 6.45) is 13.8. The number of aliphatic hydroxyl groups is 1. The van der Waals surface area contributed by atoms with E-state index in [4.69, 9.17) is 4.74 Å². The molecule has 6 rings (SSSR count). The summed E-state index contributed by atoms with van der Waals surface area (Å²) in [4.78, 5) is 0. The van der Waals surface area contributed by atoms with Gasteiger partial charge in [0.05, 0.1) is 12.2 Å². The molecule has 0 aromatic rings. The second kappa shape index (κ2) is 6.58. The minimum atomic E-state index is -0.100. The SMILES string of the molecule is CC1CCC2(NC1)O[C@@H]1C[C@@H]3[C@@H]4CC=C5CC(O)CC[C@]5(C)C4CC[C@]3(C)[C@@H]1[C@H]2C. The molecule has 0 bridgehead atoms. The van der Waals surface area contributed by atoms with E-state index in [0.717, 1.165) is 49.0 Å². The number of aliphatic hydroxyl groups excluding tert-OH is 1. The molecule has 3 heteroatoms. The first-order valence-electron chi connectivity index (χ1n) is 13.1. The Morgan fingerprint density at radius 1 is 1.07 bits per heavy atom. The van der Waals surface area contributed by atoms with Gasteiger partial charge in [0, 0.05) is 12.5 Å². The van der Waals surface area contributed by atoms with Gasteiger partial charge in [0.2, 0.25) is 0 Å². The highest BCUT2D eigenvalue weighted by molar-refractivity contribution is 5.26. The minimum Gasteiger partial charge on any atom is -0.393 e. The van der Waals surface area contributed by atoms with Crippen molar-refractivity contribution < 1.29 is 9.84 Å². The lowest BCUT2D eigenvalue weighted by Crippen LogP contribution is -2.57. The fraction of sp³-hybridized carbons (Fsp3) is 0.926. The highest BCUT2D eigenvalue weighted by atomic mass is 16.5. The van der Waals surface area contributed by atoms with Crippen LogP contribution in [-0.2, 0) is 4.74 Å². The molecule has 5 fully saturated rings. The fourth-order valence-corrected chi connectivity index (χ4v) is 9.84. The van der Waals surface area contributed by atoms with E-state index in [-0.39, 0.29) is 11.8 Å². The van der Waals surface area contributed by atoms with E-state index in [1.54, 1.807) is 5.57 Å². The first-order valence-corrected chi connectivity index (χ1v) is 13.1. The average molecular weight is 414 g/mol. The number of fused-ring (bicyclic) bond motifs is 7. The molecule has 3 saturated carbocycles. The third-order valence-electron chi connectivity index (χ3n) is 11.6. The standard InChI is InChI=1S/C27H43NO2/c1-16-7-12-27(28-15-16)17(2)24-23(30-27)14-22-20-6-5-18-13-19(29)8-10-25(18,3)21(20)9-11-26(22,24)4/h5,16-17,19-24,28-29H,6-15H2,1-4H3/t16?,17-,19?,20-,21?,22-,23-,24-,25+,26+,27?/m1/s1. The molecule has 2 saturated heterocycles. The normalized spacial score (nSPS) is 59.8. The van der Waals surface area contributed by atoms with Gasteiger partial charge in [0.15, 0.2) is 0 Å². The predicted molar refractivity (Wildman–Crippen MR) is 120 cm³/mol. The van der Waals surface area contributed by atoms with Crippen LogP contribution in [0.4, 0.5) is 0 Å². The molecule has 2 heterocycles. The Kier molecular flexibility index (Phi) is 4.44. The maximum atomic E-state index is 10.3. The van der Waals surface area contributed by atoms with Crippen LogP contribution in [0.5, 0.6) is 0 Å². The topological polar surface area (TPSA) is 41.5 Å². The Bertz CT molecular complexity index is 739. The second-order valence-electron chi connectivity index (χ2n) is 12.8. The van der Waals surface area contributed by atoms with Gasteiger partial charge in [-0.05, 0) is 98.2 Å². The largest absolute Gasteiger partial charge is 0.393 e. The first kappa shape index (κ1) is 20.2. The second-order valence-corrected chi connectivity index (χ2v) is 12.8. The van der Waals surface area contributed by atoms with Crippen molar-refractivity contribution in [3.63, 3.8) is 0 Å². The molecule has 0 aromatic heterocycles. The van der Waals surface area contributed by atoms with Gasteiger partial charge in [0.25, 0.3) is 0 Å². The quantitative estimate of drug-likeness (QED) is 0.530. The van der Waals surface area contributed by atoms with Gasteiger partial charge in [-0.1, -0.05) is 39.3 Å². The molecule has 3 nitrogen and oxygen atoms in total. The van der Waals surface area contributed by atoms with Crippen LogP contribution in [0.2, 0.25) is 0 Å². The van der Waals surface area contributed by atoms with Crippen molar-refractivity contribution in [2.75, 3.05) is 6.54 Å². The van der Waals surface area contributed by atoms with E-state index in [1.165, 1.54) is 44.9 Å². The summed E-state index contributed by atoms with van der Waals surface area (Å²) in [7, 11) is 0. The monoisotopic (exact) mass is 413 g/mol. The summed E-state index contributed by atoms with van der Waals surface area (Å²) in [5, 5.41) is 14.1. The molecule has 4 aliphatic carbocycles. The minimum absolute atomic E-state index is 0.0439. The molecule has 4 unspecified atom stereocenters. The van der Waals surface area contributed by atoms with E-state index in [1.807, 2.05) is 0 Å². The van der Waals surface area contributed by atoms with Gasteiger partial charge < -0.3 is 9.84 Å². The highest BCUT2D eigenvalue weighted by Crippen LogP contribution is 2.70. The summed E-state index contributed by atoms with van der Waals surface area (Å²) in [5.74, 6) is 4.58.